The van der Waals surface area contributed by atoms with Crippen LogP contribution in [0.2, 0.25) is 0 Å². The molecule has 28 heavy (non-hydrogen) atoms. The number of hydrogen-bond donors (Lipinski definition) is 1. The molecule has 5 heteroatoms. The third kappa shape index (κ3) is 3.32. The van der Waals surface area contributed by atoms with E-state index in [2.05, 4.69) is 22.1 Å². The zero-order valence-corrected chi connectivity index (χ0v) is 15.2. The van der Waals surface area contributed by atoms with Gasteiger partial charge in [-0.05, 0) is 72.4 Å². The van der Waals surface area contributed by atoms with Crippen molar-refractivity contribution >= 4 is 10.9 Å². The van der Waals surface area contributed by atoms with Crippen molar-refractivity contribution in [1.82, 2.24) is 15.0 Å². The Morgan fingerprint density at radius 2 is 1.75 bits per heavy atom. The molecule has 2 heterocycles. The van der Waals surface area contributed by atoms with Gasteiger partial charge < -0.3 is 9.84 Å². The second-order valence-electron chi connectivity index (χ2n) is 7.04. The number of hydrogen-bond acceptors (Lipinski definition) is 5. The maximum absolute atomic E-state index is 9.47. The van der Waals surface area contributed by atoms with Crippen molar-refractivity contribution in [2.45, 2.75) is 25.4 Å². The molecule has 1 N–H and O–H groups in total. The summed E-state index contributed by atoms with van der Waals surface area (Å²) < 4.78 is 5.67. The highest BCUT2D eigenvalue weighted by atomic mass is 16.5. The van der Waals surface area contributed by atoms with Gasteiger partial charge in [0.05, 0.1) is 17.8 Å². The smallest absolute Gasteiger partial charge is 0.321 e. The molecule has 138 valence electrons. The predicted octanol–water partition coefficient (Wildman–Crippen LogP) is 4.85. The summed E-state index contributed by atoms with van der Waals surface area (Å²) in [5, 5.41) is 10.7. The summed E-state index contributed by atoms with van der Waals surface area (Å²) in [4.78, 5) is 13.0. The third-order valence-electron chi connectivity index (χ3n) is 5.01. The normalized spacial score (nSPS) is 13.6. The van der Waals surface area contributed by atoms with E-state index in [1.807, 2.05) is 36.4 Å². The first kappa shape index (κ1) is 16.8. The standard InChI is InChI=1S/C23H19N3O2/c27-14-15-2-9-19-20(16-3-4-16)13-21(26-22(19)12-15)17-5-7-18(8-6-17)28-23-24-10-1-11-25-23/h1-2,5-13,16,27H,3-4,14H2. The van der Waals surface area contributed by atoms with Crippen LogP contribution in [0.15, 0.2) is 67.0 Å². The summed E-state index contributed by atoms with van der Waals surface area (Å²) in [7, 11) is 0. The van der Waals surface area contributed by atoms with Crippen LogP contribution in [0.5, 0.6) is 11.8 Å². The van der Waals surface area contributed by atoms with E-state index in [-0.39, 0.29) is 6.61 Å². The van der Waals surface area contributed by atoms with Crippen molar-refractivity contribution < 1.29 is 9.84 Å². The molecule has 0 aliphatic heterocycles. The van der Waals surface area contributed by atoms with Crippen LogP contribution >= 0.6 is 0 Å². The van der Waals surface area contributed by atoms with Crippen LogP contribution in [0, 0.1) is 0 Å². The van der Waals surface area contributed by atoms with Crippen LogP contribution in [0.1, 0.15) is 29.9 Å². The molecule has 4 aromatic rings. The van der Waals surface area contributed by atoms with Gasteiger partial charge in [-0.1, -0.05) is 12.1 Å². The number of rotatable bonds is 5. The maximum atomic E-state index is 9.47. The van der Waals surface area contributed by atoms with Crippen molar-refractivity contribution in [2.24, 2.45) is 0 Å². The number of ether oxygens (including phenoxy) is 1. The Morgan fingerprint density at radius 3 is 2.46 bits per heavy atom. The number of pyridine rings is 1. The molecular weight excluding hydrogens is 350 g/mol. The topological polar surface area (TPSA) is 68.1 Å². The highest BCUT2D eigenvalue weighted by molar-refractivity contribution is 5.86. The number of nitrogens with zero attached hydrogens (tertiary/aromatic N) is 3. The van der Waals surface area contributed by atoms with Crippen LogP contribution in [0.25, 0.3) is 22.2 Å². The molecular formula is C23H19N3O2. The van der Waals surface area contributed by atoms with E-state index < -0.39 is 0 Å². The van der Waals surface area contributed by atoms with Gasteiger partial charge in [-0.15, -0.1) is 0 Å². The number of benzene rings is 2. The molecule has 1 fully saturated rings. The first-order valence-corrected chi connectivity index (χ1v) is 9.40. The van der Waals surface area contributed by atoms with Crippen molar-refractivity contribution in [3.05, 3.63) is 78.1 Å². The zero-order chi connectivity index (χ0) is 18.9. The summed E-state index contributed by atoms with van der Waals surface area (Å²) in [6, 6.07) is 18.1. The number of aromatic nitrogens is 3. The second kappa shape index (κ2) is 7.02. The zero-order valence-electron chi connectivity index (χ0n) is 15.2. The molecule has 0 amide bonds. The maximum Gasteiger partial charge on any atom is 0.321 e. The van der Waals surface area contributed by atoms with Gasteiger partial charge in [-0.25, -0.2) is 15.0 Å². The van der Waals surface area contributed by atoms with Crippen LogP contribution in [0.4, 0.5) is 0 Å². The SMILES string of the molecule is OCc1ccc2c(C3CC3)cc(-c3ccc(Oc4ncccn4)cc3)nc2c1. The van der Waals surface area contributed by atoms with Gasteiger partial charge in [0.15, 0.2) is 0 Å². The number of fused-ring (bicyclic) bond motifs is 1. The van der Waals surface area contributed by atoms with Gasteiger partial charge >= 0.3 is 6.01 Å². The Balaban J connectivity index is 1.51. The van der Waals surface area contributed by atoms with Crippen LogP contribution < -0.4 is 4.74 Å². The van der Waals surface area contributed by atoms with E-state index in [1.54, 1.807) is 18.5 Å². The van der Waals surface area contributed by atoms with E-state index in [4.69, 9.17) is 9.72 Å². The van der Waals surface area contributed by atoms with Crippen molar-refractivity contribution in [3.8, 4) is 23.0 Å². The molecule has 2 aromatic carbocycles. The highest BCUT2D eigenvalue weighted by Crippen LogP contribution is 2.44. The summed E-state index contributed by atoms with van der Waals surface area (Å²) in [5.74, 6) is 1.29. The summed E-state index contributed by atoms with van der Waals surface area (Å²) in [6.45, 7) is 0.0220. The summed E-state index contributed by atoms with van der Waals surface area (Å²) in [6.07, 6.45) is 5.75. The van der Waals surface area contributed by atoms with Gasteiger partial charge in [-0.2, -0.15) is 0 Å². The van der Waals surface area contributed by atoms with E-state index >= 15 is 0 Å². The minimum absolute atomic E-state index is 0.0220. The lowest BCUT2D eigenvalue weighted by atomic mass is 10.00. The van der Waals surface area contributed by atoms with Gasteiger partial charge in [0.1, 0.15) is 5.75 Å². The highest BCUT2D eigenvalue weighted by Gasteiger charge is 2.26. The fourth-order valence-electron chi connectivity index (χ4n) is 3.42. The van der Waals surface area contributed by atoms with E-state index in [0.717, 1.165) is 22.3 Å². The Kier molecular flexibility index (Phi) is 4.22. The summed E-state index contributed by atoms with van der Waals surface area (Å²) in [5.41, 5.74) is 5.13. The Hall–Kier alpha value is -3.31. The van der Waals surface area contributed by atoms with Gasteiger partial charge in [-0.3, -0.25) is 0 Å². The molecule has 5 rings (SSSR count). The predicted molar refractivity (Wildman–Crippen MR) is 107 cm³/mol. The first-order valence-electron chi connectivity index (χ1n) is 9.40. The minimum atomic E-state index is 0.0220. The molecule has 1 aliphatic carbocycles. The lowest BCUT2D eigenvalue weighted by Crippen LogP contribution is -1.94. The third-order valence-corrected chi connectivity index (χ3v) is 5.01. The Bertz CT molecular complexity index is 1120. The molecule has 0 unspecified atom stereocenters. The Labute approximate surface area is 162 Å². The van der Waals surface area contributed by atoms with Crippen LogP contribution in [-0.4, -0.2) is 20.1 Å². The molecule has 1 saturated carbocycles. The fourth-order valence-corrected chi connectivity index (χ4v) is 3.42. The number of aliphatic hydroxyl groups is 1. The second-order valence-corrected chi connectivity index (χ2v) is 7.04. The summed E-state index contributed by atoms with van der Waals surface area (Å²) >= 11 is 0. The lowest BCUT2D eigenvalue weighted by Gasteiger charge is -2.11. The van der Waals surface area contributed by atoms with Gasteiger partial charge in [0.25, 0.3) is 0 Å². The van der Waals surface area contributed by atoms with Gasteiger partial charge in [0.2, 0.25) is 0 Å². The number of aliphatic hydroxyl groups excluding tert-OH is 1. The average Bonchev–Trinajstić information content (AvgIpc) is 3.59. The van der Waals surface area contributed by atoms with E-state index in [1.165, 1.54) is 23.8 Å². The monoisotopic (exact) mass is 369 g/mol. The largest absolute Gasteiger partial charge is 0.424 e. The minimum Gasteiger partial charge on any atom is -0.424 e. The molecule has 0 radical (unpaired) electrons. The first-order chi connectivity index (χ1) is 13.8. The van der Waals surface area contributed by atoms with E-state index in [9.17, 15) is 5.11 Å². The quantitative estimate of drug-likeness (QED) is 0.544. The molecule has 0 atom stereocenters. The van der Waals surface area contributed by atoms with Crippen molar-refractivity contribution in [2.75, 3.05) is 0 Å². The van der Waals surface area contributed by atoms with Crippen LogP contribution in [0.3, 0.4) is 0 Å². The van der Waals surface area contributed by atoms with Gasteiger partial charge in [0, 0.05) is 23.3 Å². The molecule has 1 aliphatic rings. The van der Waals surface area contributed by atoms with E-state index in [0.29, 0.717) is 17.7 Å². The lowest BCUT2D eigenvalue weighted by molar-refractivity contribution is 0.282. The molecule has 5 nitrogen and oxygen atoms in total. The van der Waals surface area contributed by atoms with Crippen LogP contribution in [-0.2, 0) is 6.61 Å². The Morgan fingerprint density at radius 1 is 0.964 bits per heavy atom. The molecule has 0 spiro atoms. The fraction of sp³-hybridized carbons (Fsp3) is 0.174. The average molecular weight is 369 g/mol. The molecule has 0 bridgehead atoms. The van der Waals surface area contributed by atoms with Crippen molar-refractivity contribution in [1.29, 1.82) is 0 Å². The van der Waals surface area contributed by atoms with Crippen molar-refractivity contribution in [3.63, 3.8) is 0 Å². The molecule has 2 aromatic heterocycles. The molecule has 0 saturated heterocycles.